The molecule has 0 aliphatic heterocycles. The lowest BCUT2D eigenvalue weighted by Gasteiger charge is -2.13. The van der Waals surface area contributed by atoms with E-state index in [4.69, 9.17) is 0 Å². The fourth-order valence-corrected chi connectivity index (χ4v) is 1.08. The molecule has 0 fully saturated rings. The molecule has 0 atom stereocenters. The van der Waals surface area contributed by atoms with Crippen molar-refractivity contribution in [2.24, 2.45) is 0 Å². The number of amides is 1. The molecule has 1 amide bonds. The van der Waals surface area contributed by atoms with Crippen LogP contribution in [0.1, 0.15) is 10.4 Å². The van der Waals surface area contributed by atoms with Gasteiger partial charge >= 0.3 is 6.61 Å². The minimum absolute atomic E-state index is 0.105. The average molecular weight is 215 g/mol. The van der Waals surface area contributed by atoms with Crippen LogP contribution in [-0.2, 0) is 0 Å². The van der Waals surface area contributed by atoms with Gasteiger partial charge in [0, 0.05) is 14.1 Å². The van der Waals surface area contributed by atoms with Crippen molar-refractivity contribution in [3.8, 4) is 5.75 Å². The Balaban J connectivity index is 3.01. The van der Waals surface area contributed by atoms with Gasteiger partial charge in [0.25, 0.3) is 5.91 Å². The largest absolute Gasteiger partial charge is 0.434 e. The number of para-hydroxylation sites is 1. The van der Waals surface area contributed by atoms with E-state index in [2.05, 4.69) is 4.74 Å². The zero-order valence-corrected chi connectivity index (χ0v) is 8.41. The van der Waals surface area contributed by atoms with Gasteiger partial charge in [0.2, 0.25) is 0 Å². The molecule has 3 nitrogen and oxygen atoms in total. The number of carbonyl (C=O) groups excluding carboxylic acids is 1. The standard InChI is InChI=1S/C10H11F2NO2/c1-13(2)9(14)7-5-3-4-6-8(7)15-10(11)12/h3-6,10H,1-2H3. The van der Waals surface area contributed by atoms with Crippen molar-refractivity contribution in [1.29, 1.82) is 0 Å². The third kappa shape index (κ3) is 2.90. The van der Waals surface area contributed by atoms with E-state index in [1.54, 1.807) is 20.2 Å². The van der Waals surface area contributed by atoms with Crippen molar-refractivity contribution in [1.82, 2.24) is 4.90 Å². The third-order valence-electron chi connectivity index (χ3n) is 1.74. The Hall–Kier alpha value is -1.65. The molecule has 0 saturated carbocycles. The zero-order chi connectivity index (χ0) is 11.4. The van der Waals surface area contributed by atoms with Crippen LogP contribution >= 0.6 is 0 Å². The summed E-state index contributed by atoms with van der Waals surface area (Å²) in [6, 6.07) is 5.90. The summed E-state index contributed by atoms with van der Waals surface area (Å²) in [6.45, 7) is -2.93. The van der Waals surface area contributed by atoms with Crippen LogP contribution in [0.2, 0.25) is 0 Å². The summed E-state index contributed by atoms with van der Waals surface area (Å²) in [5.41, 5.74) is 0.128. The van der Waals surface area contributed by atoms with Crippen molar-refractivity contribution in [3.63, 3.8) is 0 Å². The summed E-state index contributed by atoms with van der Waals surface area (Å²) < 4.78 is 28.3. The first-order valence-corrected chi connectivity index (χ1v) is 4.28. The molecule has 0 radical (unpaired) electrons. The Morgan fingerprint density at radius 2 is 1.93 bits per heavy atom. The van der Waals surface area contributed by atoms with Gasteiger partial charge < -0.3 is 9.64 Å². The van der Waals surface area contributed by atoms with E-state index in [0.717, 1.165) is 0 Å². The molecule has 1 rings (SSSR count). The van der Waals surface area contributed by atoms with Crippen LogP contribution in [0.4, 0.5) is 8.78 Å². The molecule has 0 aliphatic rings. The van der Waals surface area contributed by atoms with Gasteiger partial charge in [0.15, 0.2) is 0 Å². The maximum atomic E-state index is 12.0. The van der Waals surface area contributed by atoms with Crippen molar-refractivity contribution < 1.29 is 18.3 Å². The molecule has 15 heavy (non-hydrogen) atoms. The quantitative estimate of drug-likeness (QED) is 0.771. The third-order valence-corrected chi connectivity index (χ3v) is 1.74. The summed E-state index contributed by atoms with van der Waals surface area (Å²) in [7, 11) is 3.09. The molecule has 1 aromatic carbocycles. The first-order valence-electron chi connectivity index (χ1n) is 4.28. The van der Waals surface area contributed by atoms with E-state index in [1.807, 2.05) is 0 Å². The number of benzene rings is 1. The molecule has 0 N–H and O–H groups in total. The normalized spacial score (nSPS) is 10.2. The predicted octanol–water partition coefficient (Wildman–Crippen LogP) is 1.99. The highest BCUT2D eigenvalue weighted by atomic mass is 19.3. The highest BCUT2D eigenvalue weighted by molar-refractivity contribution is 5.96. The van der Waals surface area contributed by atoms with Crippen molar-refractivity contribution in [2.45, 2.75) is 6.61 Å². The Morgan fingerprint density at radius 1 is 1.33 bits per heavy atom. The topological polar surface area (TPSA) is 29.5 Å². The van der Waals surface area contributed by atoms with Gasteiger partial charge in [-0.05, 0) is 12.1 Å². The Kier molecular flexibility index (Phi) is 3.60. The van der Waals surface area contributed by atoms with Crippen molar-refractivity contribution >= 4 is 5.91 Å². The molecule has 1 aromatic rings. The number of hydrogen-bond acceptors (Lipinski definition) is 2. The van der Waals surface area contributed by atoms with Crippen LogP contribution < -0.4 is 4.74 Å². The molecule has 0 heterocycles. The molecular formula is C10H11F2NO2. The second-order valence-electron chi connectivity index (χ2n) is 3.07. The summed E-state index contributed by atoms with van der Waals surface area (Å²) in [5.74, 6) is -0.475. The van der Waals surface area contributed by atoms with E-state index in [9.17, 15) is 13.6 Å². The second kappa shape index (κ2) is 4.72. The lowest BCUT2D eigenvalue weighted by molar-refractivity contribution is -0.0502. The van der Waals surface area contributed by atoms with Crippen LogP contribution in [0.3, 0.4) is 0 Å². The van der Waals surface area contributed by atoms with E-state index in [1.165, 1.54) is 23.1 Å². The van der Waals surface area contributed by atoms with E-state index >= 15 is 0 Å². The lowest BCUT2D eigenvalue weighted by Crippen LogP contribution is -2.22. The molecule has 5 heteroatoms. The fourth-order valence-electron chi connectivity index (χ4n) is 1.08. The van der Waals surface area contributed by atoms with Gasteiger partial charge in [-0.25, -0.2) is 0 Å². The smallest absolute Gasteiger partial charge is 0.387 e. The number of hydrogen-bond donors (Lipinski definition) is 0. The molecule has 82 valence electrons. The fraction of sp³-hybridized carbons (Fsp3) is 0.300. The predicted molar refractivity (Wildman–Crippen MR) is 51.1 cm³/mol. The lowest BCUT2D eigenvalue weighted by atomic mass is 10.2. The van der Waals surface area contributed by atoms with E-state index < -0.39 is 6.61 Å². The molecule has 0 aliphatic carbocycles. The molecule has 0 aromatic heterocycles. The summed E-state index contributed by atoms with van der Waals surface area (Å²) >= 11 is 0. The van der Waals surface area contributed by atoms with Gasteiger partial charge in [0.1, 0.15) is 5.75 Å². The highest BCUT2D eigenvalue weighted by Gasteiger charge is 2.16. The van der Waals surface area contributed by atoms with Gasteiger partial charge in [-0.15, -0.1) is 0 Å². The van der Waals surface area contributed by atoms with Crippen LogP contribution in [-0.4, -0.2) is 31.5 Å². The number of halogens is 2. The van der Waals surface area contributed by atoms with Crippen molar-refractivity contribution in [2.75, 3.05) is 14.1 Å². The summed E-state index contributed by atoms with van der Waals surface area (Å²) in [5, 5.41) is 0. The maximum Gasteiger partial charge on any atom is 0.387 e. The van der Waals surface area contributed by atoms with Crippen molar-refractivity contribution in [3.05, 3.63) is 29.8 Å². The van der Waals surface area contributed by atoms with Crippen LogP contribution in [0.25, 0.3) is 0 Å². The first-order chi connectivity index (χ1) is 7.02. The van der Waals surface area contributed by atoms with Crippen LogP contribution in [0.5, 0.6) is 5.75 Å². The number of nitrogens with zero attached hydrogens (tertiary/aromatic N) is 1. The van der Waals surface area contributed by atoms with Gasteiger partial charge in [-0.3, -0.25) is 4.79 Å². The van der Waals surface area contributed by atoms with Gasteiger partial charge in [-0.1, -0.05) is 12.1 Å². The molecule has 0 unspecified atom stereocenters. The molecule has 0 saturated heterocycles. The first kappa shape index (κ1) is 11.4. The van der Waals surface area contributed by atoms with Gasteiger partial charge in [-0.2, -0.15) is 8.78 Å². The van der Waals surface area contributed by atoms with E-state index in [0.29, 0.717) is 0 Å². The maximum absolute atomic E-state index is 12.0. The number of alkyl halides is 2. The molecule has 0 spiro atoms. The number of ether oxygens (including phenoxy) is 1. The minimum Gasteiger partial charge on any atom is -0.434 e. The zero-order valence-electron chi connectivity index (χ0n) is 8.41. The number of rotatable bonds is 3. The Morgan fingerprint density at radius 3 is 2.47 bits per heavy atom. The Bertz CT molecular complexity index is 353. The summed E-state index contributed by atoms with van der Waals surface area (Å²) in [4.78, 5) is 12.8. The summed E-state index contributed by atoms with van der Waals surface area (Å²) in [6.07, 6.45) is 0. The van der Waals surface area contributed by atoms with Crippen LogP contribution in [0, 0.1) is 0 Å². The highest BCUT2D eigenvalue weighted by Crippen LogP contribution is 2.21. The van der Waals surface area contributed by atoms with E-state index in [-0.39, 0.29) is 17.2 Å². The Labute approximate surface area is 86.3 Å². The average Bonchev–Trinajstić information content (AvgIpc) is 2.16. The monoisotopic (exact) mass is 215 g/mol. The molecular weight excluding hydrogens is 204 g/mol. The molecule has 0 bridgehead atoms. The van der Waals surface area contributed by atoms with Gasteiger partial charge in [0.05, 0.1) is 5.56 Å². The second-order valence-corrected chi connectivity index (χ2v) is 3.07. The SMILES string of the molecule is CN(C)C(=O)c1ccccc1OC(F)F. The number of carbonyl (C=O) groups is 1. The van der Waals surface area contributed by atoms with Crippen LogP contribution in [0.15, 0.2) is 24.3 Å². The minimum atomic E-state index is -2.93.